The molecule has 0 saturated carbocycles. The van der Waals surface area contributed by atoms with Gasteiger partial charge in [-0.1, -0.05) is 18.2 Å². The Morgan fingerprint density at radius 3 is 2.47 bits per heavy atom. The van der Waals surface area contributed by atoms with Crippen LogP contribution in [0.4, 0.5) is 5.69 Å². The summed E-state index contributed by atoms with van der Waals surface area (Å²) in [4.78, 5) is 11.0. The molecule has 0 aliphatic heterocycles. The Hall–Kier alpha value is -2.49. The lowest BCUT2D eigenvalue weighted by Gasteiger charge is -1.95. The summed E-state index contributed by atoms with van der Waals surface area (Å²) < 4.78 is 4.88. The van der Waals surface area contributed by atoms with Crippen molar-refractivity contribution in [2.75, 3.05) is 5.73 Å². The molecular formula is C13H11NO3. The second kappa shape index (κ2) is 4.57. The van der Waals surface area contributed by atoms with E-state index in [1.807, 2.05) is 12.1 Å². The average Bonchev–Trinajstić information content (AvgIpc) is 2.27. The molecule has 2 rings (SSSR count). The standard InChI is InChI=1S/C13H11NO3/c14-10-4-1-9(2-5-10)3-6-12-7-11(15)8-13(16)17-12/h1-8,15H,14H2. The molecule has 3 N–H and O–H groups in total. The van der Waals surface area contributed by atoms with Crippen molar-refractivity contribution in [3.8, 4) is 5.75 Å². The van der Waals surface area contributed by atoms with Crippen LogP contribution >= 0.6 is 0 Å². The van der Waals surface area contributed by atoms with Crippen LogP contribution in [0.2, 0.25) is 0 Å². The lowest BCUT2D eigenvalue weighted by molar-refractivity contribution is 0.444. The lowest BCUT2D eigenvalue weighted by atomic mass is 10.2. The topological polar surface area (TPSA) is 76.5 Å². The second-order valence-electron chi connectivity index (χ2n) is 3.54. The van der Waals surface area contributed by atoms with Crippen LogP contribution in [0.3, 0.4) is 0 Å². The van der Waals surface area contributed by atoms with Gasteiger partial charge in [-0.2, -0.15) is 0 Å². The first-order valence-electron chi connectivity index (χ1n) is 5.01. The molecule has 0 atom stereocenters. The van der Waals surface area contributed by atoms with E-state index in [1.165, 1.54) is 6.07 Å². The molecule has 1 heterocycles. The number of anilines is 1. The molecule has 4 heteroatoms. The normalized spacial score (nSPS) is 10.8. The van der Waals surface area contributed by atoms with Crippen LogP contribution in [-0.2, 0) is 0 Å². The number of hydrogen-bond donors (Lipinski definition) is 2. The third-order valence-electron chi connectivity index (χ3n) is 2.15. The number of nitrogens with two attached hydrogens (primary N) is 1. The predicted molar refractivity (Wildman–Crippen MR) is 66.4 cm³/mol. The van der Waals surface area contributed by atoms with E-state index in [0.717, 1.165) is 11.6 Å². The molecule has 86 valence electrons. The number of benzene rings is 1. The number of nitrogen functional groups attached to an aromatic ring is 1. The van der Waals surface area contributed by atoms with Crippen molar-refractivity contribution in [3.63, 3.8) is 0 Å². The van der Waals surface area contributed by atoms with E-state index in [-0.39, 0.29) is 5.75 Å². The number of aromatic hydroxyl groups is 1. The Morgan fingerprint density at radius 1 is 1.12 bits per heavy atom. The Kier molecular flexibility index (Phi) is 2.96. The highest BCUT2D eigenvalue weighted by atomic mass is 16.4. The molecule has 0 spiro atoms. The summed E-state index contributed by atoms with van der Waals surface area (Å²) in [5.41, 5.74) is 6.58. The highest BCUT2D eigenvalue weighted by Gasteiger charge is 1.96. The van der Waals surface area contributed by atoms with Crippen LogP contribution in [0.15, 0.2) is 45.6 Å². The molecule has 4 nitrogen and oxygen atoms in total. The minimum absolute atomic E-state index is 0.113. The van der Waals surface area contributed by atoms with Crippen molar-refractivity contribution < 1.29 is 9.52 Å². The van der Waals surface area contributed by atoms with E-state index >= 15 is 0 Å². The maximum absolute atomic E-state index is 11.0. The third-order valence-corrected chi connectivity index (χ3v) is 2.15. The molecule has 17 heavy (non-hydrogen) atoms. The largest absolute Gasteiger partial charge is 0.508 e. The maximum Gasteiger partial charge on any atom is 0.339 e. The summed E-state index contributed by atoms with van der Waals surface area (Å²) in [6, 6.07) is 9.62. The van der Waals surface area contributed by atoms with Crippen molar-refractivity contribution in [1.29, 1.82) is 0 Å². The summed E-state index contributed by atoms with van der Waals surface area (Å²) in [6.45, 7) is 0. The first kappa shape index (κ1) is 11.0. The van der Waals surface area contributed by atoms with E-state index in [2.05, 4.69) is 0 Å². The highest BCUT2D eigenvalue weighted by molar-refractivity contribution is 5.68. The van der Waals surface area contributed by atoms with Gasteiger partial charge in [-0.25, -0.2) is 4.79 Å². The van der Waals surface area contributed by atoms with Gasteiger partial charge in [0.1, 0.15) is 11.5 Å². The lowest BCUT2D eigenvalue weighted by Crippen LogP contribution is -1.95. The molecule has 2 aromatic rings. The van der Waals surface area contributed by atoms with E-state index in [1.54, 1.807) is 24.3 Å². The summed E-state index contributed by atoms with van der Waals surface area (Å²) in [7, 11) is 0. The fourth-order valence-electron chi connectivity index (χ4n) is 1.35. The molecule has 1 aromatic heterocycles. The van der Waals surface area contributed by atoms with Gasteiger partial charge in [0.25, 0.3) is 0 Å². The Morgan fingerprint density at radius 2 is 1.82 bits per heavy atom. The fourth-order valence-corrected chi connectivity index (χ4v) is 1.35. The van der Waals surface area contributed by atoms with Crippen molar-refractivity contribution in [1.82, 2.24) is 0 Å². The summed E-state index contributed by atoms with van der Waals surface area (Å²) in [6.07, 6.45) is 3.36. The third kappa shape index (κ3) is 2.98. The van der Waals surface area contributed by atoms with Crippen molar-refractivity contribution in [2.45, 2.75) is 0 Å². The second-order valence-corrected chi connectivity index (χ2v) is 3.54. The average molecular weight is 229 g/mol. The van der Waals surface area contributed by atoms with E-state index in [4.69, 9.17) is 10.2 Å². The molecule has 0 unspecified atom stereocenters. The van der Waals surface area contributed by atoms with Gasteiger partial charge in [-0.15, -0.1) is 0 Å². The van der Waals surface area contributed by atoms with Crippen LogP contribution in [0.5, 0.6) is 5.75 Å². The smallest absolute Gasteiger partial charge is 0.339 e. The van der Waals surface area contributed by atoms with Gasteiger partial charge in [-0.05, 0) is 23.8 Å². The van der Waals surface area contributed by atoms with Crippen molar-refractivity contribution in [2.24, 2.45) is 0 Å². The van der Waals surface area contributed by atoms with Gasteiger partial charge in [0, 0.05) is 11.8 Å². The van der Waals surface area contributed by atoms with E-state index < -0.39 is 5.63 Å². The molecule has 0 radical (unpaired) electrons. The zero-order valence-electron chi connectivity index (χ0n) is 8.96. The molecule has 0 saturated heterocycles. The molecule has 0 fully saturated rings. The van der Waals surface area contributed by atoms with Crippen LogP contribution in [0.25, 0.3) is 12.2 Å². The van der Waals surface area contributed by atoms with Crippen molar-refractivity contribution in [3.05, 3.63) is 58.1 Å². The minimum atomic E-state index is -0.582. The van der Waals surface area contributed by atoms with Crippen LogP contribution < -0.4 is 11.4 Å². The summed E-state index contributed by atoms with van der Waals surface area (Å²) >= 11 is 0. The molecule has 0 amide bonds. The van der Waals surface area contributed by atoms with Gasteiger partial charge in [0.15, 0.2) is 0 Å². The first-order valence-corrected chi connectivity index (χ1v) is 5.01. The Balaban J connectivity index is 2.25. The van der Waals surface area contributed by atoms with Gasteiger partial charge in [0.2, 0.25) is 0 Å². The predicted octanol–water partition coefficient (Wildman–Crippen LogP) is 2.10. The summed E-state index contributed by atoms with van der Waals surface area (Å²) in [5.74, 6) is 0.185. The van der Waals surface area contributed by atoms with Crippen LogP contribution in [0, 0.1) is 0 Å². The SMILES string of the molecule is Nc1ccc(C=Cc2cc(O)cc(=O)o2)cc1. The zero-order valence-corrected chi connectivity index (χ0v) is 8.96. The minimum Gasteiger partial charge on any atom is -0.508 e. The van der Waals surface area contributed by atoms with E-state index in [9.17, 15) is 9.90 Å². The number of rotatable bonds is 2. The highest BCUT2D eigenvalue weighted by Crippen LogP contribution is 2.12. The monoisotopic (exact) mass is 229 g/mol. The van der Waals surface area contributed by atoms with Crippen LogP contribution in [0.1, 0.15) is 11.3 Å². The molecule has 0 bridgehead atoms. The zero-order chi connectivity index (χ0) is 12.3. The first-order chi connectivity index (χ1) is 8.13. The molecular weight excluding hydrogens is 218 g/mol. The van der Waals surface area contributed by atoms with Gasteiger partial charge >= 0.3 is 5.63 Å². The van der Waals surface area contributed by atoms with Crippen LogP contribution in [-0.4, -0.2) is 5.11 Å². The molecule has 0 aliphatic carbocycles. The Labute approximate surface area is 97.6 Å². The number of hydrogen-bond acceptors (Lipinski definition) is 4. The molecule has 0 aliphatic rings. The fraction of sp³-hybridized carbons (Fsp3) is 0. The van der Waals surface area contributed by atoms with Gasteiger partial charge in [-0.3, -0.25) is 0 Å². The quantitative estimate of drug-likeness (QED) is 0.773. The Bertz CT molecular complexity index is 597. The maximum atomic E-state index is 11.0. The van der Waals surface area contributed by atoms with Gasteiger partial charge < -0.3 is 15.3 Å². The summed E-state index contributed by atoms with van der Waals surface area (Å²) in [5, 5.41) is 9.22. The van der Waals surface area contributed by atoms with Gasteiger partial charge in [0.05, 0.1) is 6.07 Å². The molecule has 1 aromatic carbocycles. The van der Waals surface area contributed by atoms with Crippen molar-refractivity contribution >= 4 is 17.8 Å². The van der Waals surface area contributed by atoms with E-state index in [0.29, 0.717) is 11.4 Å².